The SMILES string of the molecule is Cc1ccc(N)cc1-n1c(C)ccc1-c1ccc(F)cc1. The molecule has 3 aromatic rings. The second-order valence-electron chi connectivity index (χ2n) is 5.25. The van der Waals surface area contributed by atoms with E-state index in [1.54, 1.807) is 12.1 Å². The summed E-state index contributed by atoms with van der Waals surface area (Å²) in [5, 5.41) is 0. The topological polar surface area (TPSA) is 30.9 Å². The summed E-state index contributed by atoms with van der Waals surface area (Å²) >= 11 is 0. The van der Waals surface area contributed by atoms with Gasteiger partial charge in [-0.25, -0.2) is 4.39 Å². The van der Waals surface area contributed by atoms with Crippen LogP contribution in [0.25, 0.3) is 16.9 Å². The van der Waals surface area contributed by atoms with Crippen molar-refractivity contribution in [3.05, 3.63) is 71.7 Å². The van der Waals surface area contributed by atoms with E-state index in [9.17, 15) is 4.39 Å². The standard InChI is InChI=1S/C18H17FN2/c1-12-3-9-16(20)11-18(12)21-13(2)4-10-17(21)14-5-7-15(19)8-6-14/h3-11H,20H2,1-2H3. The number of aromatic nitrogens is 1. The fraction of sp³-hybridized carbons (Fsp3) is 0.111. The Labute approximate surface area is 123 Å². The molecule has 2 nitrogen and oxygen atoms in total. The number of nitrogens with zero attached hydrogens (tertiary/aromatic N) is 1. The Morgan fingerprint density at radius 2 is 1.62 bits per heavy atom. The van der Waals surface area contributed by atoms with Crippen LogP contribution in [0.15, 0.2) is 54.6 Å². The number of anilines is 1. The Bertz CT molecular complexity index is 785. The second-order valence-corrected chi connectivity index (χ2v) is 5.25. The quantitative estimate of drug-likeness (QED) is 0.689. The molecule has 3 rings (SSSR count). The largest absolute Gasteiger partial charge is 0.399 e. The van der Waals surface area contributed by atoms with Crippen LogP contribution in [0.5, 0.6) is 0 Å². The number of benzene rings is 2. The number of hydrogen-bond acceptors (Lipinski definition) is 1. The molecule has 0 aliphatic rings. The summed E-state index contributed by atoms with van der Waals surface area (Å²) in [5.74, 6) is -0.228. The zero-order chi connectivity index (χ0) is 15.0. The van der Waals surface area contributed by atoms with Crippen molar-refractivity contribution >= 4 is 5.69 Å². The van der Waals surface area contributed by atoms with Crippen LogP contribution in [0.2, 0.25) is 0 Å². The molecular weight excluding hydrogens is 263 g/mol. The summed E-state index contributed by atoms with van der Waals surface area (Å²) < 4.78 is 15.3. The lowest BCUT2D eigenvalue weighted by molar-refractivity contribution is 0.628. The molecule has 0 saturated carbocycles. The molecule has 106 valence electrons. The molecule has 2 N–H and O–H groups in total. The molecule has 0 unspecified atom stereocenters. The van der Waals surface area contributed by atoms with E-state index in [0.717, 1.165) is 33.9 Å². The first-order valence-corrected chi connectivity index (χ1v) is 6.87. The third-order valence-corrected chi connectivity index (χ3v) is 3.69. The highest BCUT2D eigenvalue weighted by molar-refractivity contribution is 5.66. The van der Waals surface area contributed by atoms with Gasteiger partial charge in [-0.1, -0.05) is 6.07 Å². The van der Waals surface area contributed by atoms with Gasteiger partial charge in [-0.05, 0) is 73.5 Å². The van der Waals surface area contributed by atoms with Crippen molar-refractivity contribution in [2.45, 2.75) is 13.8 Å². The number of hydrogen-bond donors (Lipinski definition) is 1. The maximum Gasteiger partial charge on any atom is 0.123 e. The lowest BCUT2D eigenvalue weighted by Crippen LogP contribution is -2.02. The fourth-order valence-corrected chi connectivity index (χ4v) is 2.57. The van der Waals surface area contributed by atoms with Crippen LogP contribution in [-0.2, 0) is 0 Å². The van der Waals surface area contributed by atoms with Gasteiger partial charge in [-0.15, -0.1) is 0 Å². The average Bonchev–Trinajstić information content (AvgIpc) is 2.84. The Hall–Kier alpha value is -2.55. The first kappa shape index (κ1) is 13.4. The lowest BCUT2D eigenvalue weighted by atomic mass is 10.1. The molecule has 0 atom stereocenters. The molecule has 0 fully saturated rings. The zero-order valence-corrected chi connectivity index (χ0v) is 12.1. The third kappa shape index (κ3) is 2.42. The van der Waals surface area contributed by atoms with E-state index in [0.29, 0.717) is 0 Å². The summed E-state index contributed by atoms with van der Waals surface area (Å²) in [4.78, 5) is 0. The van der Waals surface area contributed by atoms with Crippen molar-refractivity contribution in [3.8, 4) is 16.9 Å². The summed E-state index contributed by atoms with van der Waals surface area (Å²) in [6, 6.07) is 16.5. The Morgan fingerprint density at radius 1 is 0.905 bits per heavy atom. The summed E-state index contributed by atoms with van der Waals surface area (Å²) in [7, 11) is 0. The van der Waals surface area contributed by atoms with E-state index in [1.807, 2.05) is 24.3 Å². The van der Waals surface area contributed by atoms with E-state index >= 15 is 0 Å². The number of nitrogens with two attached hydrogens (primary N) is 1. The summed E-state index contributed by atoms with van der Waals surface area (Å²) in [6.45, 7) is 4.11. The molecule has 2 aromatic carbocycles. The first-order chi connectivity index (χ1) is 10.1. The van der Waals surface area contributed by atoms with Crippen LogP contribution in [0, 0.1) is 19.7 Å². The smallest absolute Gasteiger partial charge is 0.123 e. The van der Waals surface area contributed by atoms with Crippen LogP contribution in [0.4, 0.5) is 10.1 Å². The van der Waals surface area contributed by atoms with Crippen LogP contribution >= 0.6 is 0 Å². The van der Waals surface area contributed by atoms with Gasteiger partial charge < -0.3 is 10.3 Å². The van der Waals surface area contributed by atoms with Gasteiger partial charge in [0.2, 0.25) is 0 Å². The van der Waals surface area contributed by atoms with Gasteiger partial charge >= 0.3 is 0 Å². The second kappa shape index (κ2) is 5.09. The first-order valence-electron chi connectivity index (χ1n) is 6.87. The molecule has 1 aromatic heterocycles. The highest BCUT2D eigenvalue weighted by Gasteiger charge is 2.11. The highest BCUT2D eigenvalue weighted by atomic mass is 19.1. The Kier molecular flexibility index (Phi) is 3.26. The van der Waals surface area contributed by atoms with Gasteiger partial charge in [0.05, 0.1) is 11.4 Å². The molecule has 21 heavy (non-hydrogen) atoms. The molecule has 0 bridgehead atoms. The number of halogens is 1. The molecular formula is C18H17FN2. The highest BCUT2D eigenvalue weighted by Crippen LogP contribution is 2.29. The monoisotopic (exact) mass is 280 g/mol. The van der Waals surface area contributed by atoms with Crippen molar-refractivity contribution in [1.29, 1.82) is 0 Å². The number of nitrogen functional groups attached to an aromatic ring is 1. The predicted molar refractivity (Wildman–Crippen MR) is 85.0 cm³/mol. The summed E-state index contributed by atoms with van der Waals surface area (Å²) in [6.07, 6.45) is 0. The van der Waals surface area contributed by atoms with Crippen LogP contribution in [0.3, 0.4) is 0 Å². The number of rotatable bonds is 2. The van der Waals surface area contributed by atoms with Gasteiger partial charge in [-0.3, -0.25) is 0 Å². The molecule has 0 aliphatic heterocycles. The zero-order valence-electron chi connectivity index (χ0n) is 12.1. The van der Waals surface area contributed by atoms with Gasteiger partial charge in [0, 0.05) is 11.4 Å². The molecule has 0 aliphatic carbocycles. The van der Waals surface area contributed by atoms with Crippen molar-refractivity contribution in [3.63, 3.8) is 0 Å². The van der Waals surface area contributed by atoms with Crippen molar-refractivity contribution in [1.82, 2.24) is 4.57 Å². The Balaban J connectivity index is 2.22. The summed E-state index contributed by atoms with van der Waals surface area (Å²) in [5.41, 5.74) is 12.0. The molecule has 3 heteroatoms. The molecule has 0 radical (unpaired) electrons. The van der Waals surface area contributed by atoms with Gasteiger partial charge in [-0.2, -0.15) is 0 Å². The van der Waals surface area contributed by atoms with E-state index in [1.165, 1.54) is 12.1 Å². The molecule has 0 spiro atoms. The van der Waals surface area contributed by atoms with E-state index in [2.05, 4.69) is 24.5 Å². The molecule has 0 amide bonds. The minimum atomic E-state index is -0.228. The van der Waals surface area contributed by atoms with Gasteiger partial charge in [0.25, 0.3) is 0 Å². The maximum absolute atomic E-state index is 13.1. The third-order valence-electron chi connectivity index (χ3n) is 3.69. The van der Waals surface area contributed by atoms with E-state index in [4.69, 9.17) is 5.73 Å². The van der Waals surface area contributed by atoms with Crippen LogP contribution < -0.4 is 5.73 Å². The average molecular weight is 280 g/mol. The predicted octanol–water partition coefficient (Wildman–Crippen LogP) is 4.48. The maximum atomic E-state index is 13.1. The fourth-order valence-electron chi connectivity index (χ4n) is 2.57. The van der Waals surface area contributed by atoms with Crippen LogP contribution in [-0.4, -0.2) is 4.57 Å². The van der Waals surface area contributed by atoms with Crippen molar-refractivity contribution in [2.24, 2.45) is 0 Å². The van der Waals surface area contributed by atoms with E-state index in [-0.39, 0.29) is 5.82 Å². The molecule has 1 heterocycles. The van der Waals surface area contributed by atoms with Crippen molar-refractivity contribution < 1.29 is 4.39 Å². The van der Waals surface area contributed by atoms with Crippen LogP contribution in [0.1, 0.15) is 11.3 Å². The molecule has 0 saturated heterocycles. The van der Waals surface area contributed by atoms with E-state index < -0.39 is 0 Å². The Morgan fingerprint density at radius 3 is 2.33 bits per heavy atom. The normalized spacial score (nSPS) is 10.8. The minimum absolute atomic E-state index is 0.228. The van der Waals surface area contributed by atoms with Crippen molar-refractivity contribution in [2.75, 3.05) is 5.73 Å². The number of aryl methyl sites for hydroxylation is 2. The van der Waals surface area contributed by atoms with Gasteiger partial charge in [0.1, 0.15) is 5.82 Å². The van der Waals surface area contributed by atoms with Gasteiger partial charge in [0.15, 0.2) is 0 Å². The minimum Gasteiger partial charge on any atom is -0.399 e. The lowest BCUT2D eigenvalue weighted by Gasteiger charge is -2.15.